The summed E-state index contributed by atoms with van der Waals surface area (Å²) in [6.07, 6.45) is 4.12. The Balaban J connectivity index is 1.81. The van der Waals surface area contributed by atoms with Crippen LogP contribution in [0.2, 0.25) is 0 Å². The van der Waals surface area contributed by atoms with Gasteiger partial charge in [-0.25, -0.2) is 0 Å². The highest BCUT2D eigenvalue weighted by atomic mass is 16.5. The monoisotopic (exact) mass is 193 g/mol. The van der Waals surface area contributed by atoms with Gasteiger partial charge in [0.25, 0.3) is 0 Å². The van der Waals surface area contributed by atoms with Gasteiger partial charge in [0.15, 0.2) is 0 Å². The Hall–Kier alpha value is -1.03. The molecule has 0 spiro atoms. The molecule has 0 unspecified atom stereocenters. The van der Waals surface area contributed by atoms with Crippen molar-refractivity contribution in [3.63, 3.8) is 0 Å². The Morgan fingerprint density at radius 2 is 2.50 bits per heavy atom. The van der Waals surface area contributed by atoms with Crippen molar-refractivity contribution in [2.24, 2.45) is 5.92 Å². The molecule has 4 heteroatoms. The third kappa shape index (κ3) is 1.00. The topological polar surface area (TPSA) is 53.1 Å². The molecule has 0 atom stereocenters. The van der Waals surface area contributed by atoms with Gasteiger partial charge < -0.3 is 10.5 Å². The van der Waals surface area contributed by atoms with E-state index in [0.29, 0.717) is 0 Å². The lowest BCUT2D eigenvalue weighted by molar-refractivity contribution is -0.0168. The average molecular weight is 193 g/mol. The van der Waals surface area contributed by atoms with Gasteiger partial charge in [-0.1, -0.05) is 0 Å². The second-order valence-corrected chi connectivity index (χ2v) is 4.61. The molecule has 1 aliphatic carbocycles. The fourth-order valence-electron chi connectivity index (χ4n) is 2.59. The highest BCUT2D eigenvalue weighted by molar-refractivity contribution is 5.39. The molecule has 0 radical (unpaired) electrons. The van der Waals surface area contributed by atoms with E-state index in [2.05, 4.69) is 5.10 Å². The van der Waals surface area contributed by atoms with Crippen LogP contribution in [0.3, 0.4) is 0 Å². The molecule has 2 saturated heterocycles. The number of nitrogens with two attached hydrogens (primary N) is 1. The van der Waals surface area contributed by atoms with Gasteiger partial charge >= 0.3 is 0 Å². The number of fused-ring (bicyclic) bond motifs is 1. The predicted molar refractivity (Wildman–Crippen MR) is 52.8 cm³/mol. The fourth-order valence-corrected chi connectivity index (χ4v) is 2.59. The summed E-state index contributed by atoms with van der Waals surface area (Å²) in [4.78, 5) is 0. The molecular formula is C10H15N3O. The minimum absolute atomic E-state index is 0.0912. The van der Waals surface area contributed by atoms with E-state index in [0.717, 1.165) is 30.5 Å². The summed E-state index contributed by atoms with van der Waals surface area (Å²) < 4.78 is 7.75. The molecule has 3 fully saturated rings. The van der Waals surface area contributed by atoms with Gasteiger partial charge in [-0.2, -0.15) is 5.10 Å². The third-order valence-electron chi connectivity index (χ3n) is 3.53. The van der Waals surface area contributed by atoms with Crippen LogP contribution >= 0.6 is 0 Å². The molecule has 1 saturated carbocycles. The van der Waals surface area contributed by atoms with Crippen molar-refractivity contribution in [3.05, 3.63) is 11.9 Å². The minimum atomic E-state index is 0.0912. The standard InChI is InChI=1S/C10H15N3O/c1-7-9(11)4-12-13(7)6-10-2-8(3-10)5-14-10/h4,8H,2-3,5-6,11H2,1H3. The third-order valence-corrected chi connectivity index (χ3v) is 3.53. The zero-order valence-electron chi connectivity index (χ0n) is 8.36. The molecule has 2 N–H and O–H groups in total. The maximum absolute atomic E-state index is 5.78. The van der Waals surface area contributed by atoms with E-state index in [1.165, 1.54) is 12.8 Å². The molecule has 2 bridgehead atoms. The number of hydrogen-bond acceptors (Lipinski definition) is 3. The first kappa shape index (κ1) is 8.29. The largest absolute Gasteiger partial charge is 0.396 e. The number of nitrogen functional groups attached to an aromatic ring is 1. The summed E-state index contributed by atoms with van der Waals surface area (Å²) in [5, 5.41) is 4.26. The lowest BCUT2D eigenvalue weighted by Crippen LogP contribution is -2.41. The average Bonchev–Trinajstić information content (AvgIpc) is 2.74. The summed E-state index contributed by atoms with van der Waals surface area (Å²) in [6.45, 7) is 3.81. The molecule has 76 valence electrons. The first-order chi connectivity index (χ1) is 6.69. The Labute approximate surface area is 83.0 Å². The van der Waals surface area contributed by atoms with Crippen LogP contribution in [0.25, 0.3) is 0 Å². The molecule has 3 heterocycles. The lowest BCUT2D eigenvalue weighted by atomic mass is 9.74. The first-order valence-electron chi connectivity index (χ1n) is 5.10. The number of hydrogen-bond donors (Lipinski definition) is 1. The van der Waals surface area contributed by atoms with Crippen molar-refractivity contribution in [1.29, 1.82) is 0 Å². The Kier molecular flexibility index (Phi) is 1.49. The van der Waals surface area contributed by atoms with E-state index < -0.39 is 0 Å². The normalized spacial score (nSPS) is 34.5. The highest BCUT2D eigenvalue weighted by Crippen LogP contribution is 2.49. The molecule has 4 nitrogen and oxygen atoms in total. The highest BCUT2D eigenvalue weighted by Gasteiger charge is 2.52. The van der Waals surface area contributed by atoms with E-state index in [9.17, 15) is 0 Å². The second-order valence-electron chi connectivity index (χ2n) is 4.61. The van der Waals surface area contributed by atoms with Gasteiger partial charge in [0, 0.05) is 0 Å². The molecule has 2 aliphatic heterocycles. The quantitative estimate of drug-likeness (QED) is 0.761. The SMILES string of the molecule is Cc1c(N)cnn1CC12CC(CO1)C2. The predicted octanol–water partition coefficient (Wildman–Crippen LogP) is 0.953. The number of ether oxygens (including phenoxy) is 1. The van der Waals surface area contributed by atoms with E-state index in [1.807, 2.05) is 11.6 Å². The Morgan fingerprint density at radius 1 is 1.71 bits per heavy atom. The van der Waals surface area contributed by atoms with Crippen LogP contribution in [0, 0.1) is 12.8 Å². The van der Waals surface area contributed by atoms with Crippen molar-refractivity contribution in [2.45, 2.75) is 31.9 Å². The summed E-state index contributed by atoms with van der Waals surface area (Å²) in [7, 11) is 0. The Bertz CT molecular complexity index is 360. The van der Waals surface area contributed by atoms with E-state index in [4.69, 9.17) is 10.5 Å². The van der Waals surface area contributed by atoms with Crippen LogP contribution in [-0.4, -0.2) is 22.0 Å². The molecule has 0 aromatic carbocycles. The summed E-state index contributed by atoms with van der Waals surface area (Å²) in [6, 6.07) is 0. The van der Waals surface area contributed by atoms with Crippen molar-refractivity contribution in [1.82, 2.24) is 9.78 Å². The summed E-state index contributed by atoms with van der Waals surface area (Å²) in [5.41, 5.74) is 7.67. The van der Waals surface area contributed by atoms with Gasteiger partial charge in [0.2, 0.25) is 0 Å². The van der Waals surface area contributed by atoms with Crippen LogP contribution in [-0.2, 0) is 11.3 Å². The van der Waals surface area contributed by atoms with Crippen molar-refractivity contribution >= 4 is 5.69 Å². The van der Waals surface area contributed by atoms with Crippen molar-refractivity contribution in [3.8, 4) is 0 Å². The van der Waals surface area contributed by atoms with Gasteiger partial charge in [-0.05, 0) is 25.7 Å². The van der Waals surface area contributed by atoms with Crippen LogP contribution in [0.5, 0.6) is 0 Å². The van der Waals surface area contributed by atoms with Gasteiger partial charge in [-0.15, -0.1) is 0 Å². The minimum Gasteiger partial charge on any atom is -0.396 e. The van der Waals surface area contributed by atoms with Crippen LogP contribution in [0.4, 0.5) is 5.69 Å². The van der Waals surface area contributed by atoms with Crippen molar-refractivity contribution in [2.75, 3.05) is 12.3 Å². The number of rotatable bonds is 2. The molecule has 1 aromatic heterocycles. The Morgan fingerprint density at radius 3 is 3.00 bits per heavy atom. The molecule has 1 aromatic rings. The summed E-state index contributed by atoms with van der Waals surface area (Å²) >= 11 is 0. The molecule has 0 amide bonds. The van der Waals surface area contributed by atoms with Crippen LogP contribution in [0.1, 0.15) is 18.5 Å². The van der Waals surface area contributed by atoms with Crippen molar-refractivity contribution < 1.29 is 4.74 Å². The number of nitrogens with zero attached hydrogens (tertiary/aromatic N) is 2. The molecule has 3 aliphatic rings. The molecular weight excluding hydrogens is 178 g/mol. The second kappa shape index (κ2) is 2.51. The number of aromatic nitrogens is 2. The van der Waals surface area contributed by atoms with Gasteiger partial charge in [0.1, 0.15) is 0 Å². The van der Waals surface area contributed by atoms with E-state index >= 15 is 0 Å². The van der Waals surface area contributed by atoms with E-state index in [-0.39, 0.29) is 5.60 Å². The zero-order valence-corrected chi connectivity index (χ0v) is 8.36. The van der Waals surface area contributed by atoms with Crippen LogP contribution in [0.15, 0.2) is 6.20 Å². The maximum atomic E-state index is 5.78. The van der Waals surface area contributed by atoms with Gasteiger partial charge in [0.05, 0.1) is 36.3 Å². The van der Waals surface area contributed by atoms with Crippen LogP contribution < -0.4 is 5.73 Å². The fraction of sp³-hybridized carbons (Fsp3) is 0.700. The van der Waals surface area contributed by atoms with Gasteiger partial charge in [-0.3, -0.25) is 4.68 Å². The maximum Gasteiger partial charge on any atom is 0.0884 e. The summed E-state index contributed by atoms with van der Waals surface area (Å²) in [5.74, 6) is 0.809. The smallest absolute Gasteiger partial charge is 0.0884 e. The zero-order chi connectivity index (χ0) is 9.76. The molecule has 4 rings (SSSR count). The molecule has 14 heavy (non-hydrogen) atoms. The lowest BCUT2D eigenvalue weighted by Gasteiger charge is -2.35. The number of anilines is 1. The first-order valence-corrected chi connectivity index (χ1v) is 5.10. The van der Waals surface area contributed by atoms with E-state index in [1.54, 1.807) is 6.20 Å².